The molecule has 0 amide bonds. The van der Waals surface area contributed by atoms with E-state index in [0.717, 1.165) is 4.31 Å². The number of rotatable bonds is 9. The molecular formula is C16H23NO8S2. The average molecular weight is 421 g/mol. The molecule has 1 aliphatic heterocycles. The minimum Gasteiger partial charge on any atom is -0.497 e. The quantitative estimate of drug-likeness (QED) is 0.619. The van der Waals surface area contributed by atoms with E-state index in [2.05, 4.69) is 0 Å². The van der Waals surface area contributed by atoms with E-state index in [1.807, 2.05) is 0 Å². The summed E-state index contributed by atoms with van der Waals surface area (Å²) in [6.07, 6.45) is 0.0297. The second-order valence-corrected chi connectivity index (χ2v) is 10.3. The maximum absolute atomic E-state index is 13.2. The summed E-state index contributed by atoms with van der Waals surface area (Å²) in [4.78, 5) is 10.7. The number of benzene rings is 1. The Morgan fingerprint density at radius 3 is 2.52 bits per heavy atom. The summed E-state index contributed by atoms with van der Waals surface area (Å²) in [5.41, 5.74) is 0. The first-order valence-corrected chi connectivity index (χ1v) is 11.5. The highest BCUT2D eigenvalue weighted by Gasteiger charge is 2.39. The van der Waals surface area contributed by atoms with Gasteiger partial charge in [-0.05, 0) is 25.0 Å². The van der Waals surface area contributed by atoms with Crippen molar-refractivity contribution in [3.05, 3.63) is 18.2 Å². The van der Waals surface area contributed by atoms with Gasteiger partial charge in [-0.3, -0.25) is 4.79 Å². The number of carboxylic acids is 1. The van der Waals surface area contributed by atoms with Gasteiger partial charge in [-0.25, -0.2) is 16.8 Å². The van der Waals surface area contributed by atoms with Gasteiger partial charge >= 0.3 is 5.97 Å². The molecular weight excluding hydrogens is 398 g/mol. The fourth-order valence-corrected chi connectivity index (χ4v) is 6.66. The van der Waals surface area contributed by atoms with Crippen LogP contribution in [0.15, 0.2) is 23.1 Å². The third-order valence-corrected chi connectivity index (χ3v) is 8.08. The second-order valence-electron chi connectivity index (χ2n) is 6.19. The van der Waals surface area contributed by atoms with Gasteiger partial charge in [0.25, 0.3) is 0 Å². The summed E-state index contributed by atoms with van der Waals surface area (Å²) in [6.45, 7) is -0.0933. The van der Waals surface area contributed by atoms with E-state index < -0.39 is 31.9 Å². The number of hydrogen-bond donors (Lipinski definition) is 1. The number of carbonyl (C=O) groups is 1. The lowest BCUT2D eigenvalue weighted by Gasteiger charge is -2.28. The number of hydrogen-bond acceptors (Lipinski definition) is 7. The fraction of sp³-hybridized carbons (Fsp3) is 0.562. The fourth-order valence-electron chi connectivity index (χ4n) is 3.00. The predicted molar refractivity (Wildman–Crippen MR) is 97.4 cm³/mol. The monoisotopic (exact) mass is 421 g/mol. The molecule has 0 saturated carbocycles. The van der Waals surface area contributed by atoms with Crippen molar-refractivity contribution in [2.24, 2.45) is 0 Å². The molecule has 1 aromatic rings. The van der Waals surface area contributed by atoms with E-state index in [9.17, 15) is 21.6 Å². The molecule has 1 N–H and O–H groups in total. The number of carboxylic acid groups (broad SMARTS) is 1. The van der Waals surface area contributed by atoms with Crippen LogP contribution in [0.1, 0.15) is 19.3 Å². The predicted octanol–water partition coefficient (Wildman–Crippen LogP) is 0.746. The molecule has 11 heteroatoms. The van der Waals surface area contributed by atoms with Crippen molar-refractivity contribution < 1.29 is 36.2 Å². The van der Waals surface area contributed by atoms with Crippen LogP contribution in [0.3, 0.4) is 0 Å². The highest BCUT2D eigenvalue weighted by Crippen LogP contribution is 2.33. The molecule has 2 rings (SSSR count). The van der Waals surface area contributed by atoms with Gasteiger partial charge in [0.2, 0.25) is 10.0 Å². The topological polar surface area (TPSA) is 127 Å². The minimum absolute atomic E-state index is 0.0680. The Labute approximate surface area is 158 Å². The Hall–Kier alpha value is -1.85. The van der Waals surface area contributed by atoms with Crippen LogP contribution in [-0.4, -0.2) is 70.5 Å². The Bertz CT molecular complexity index is 895. The van der Waals surface area contributed by atoms with Crippen LogP contribution in [0, 0.1) is 0 Å². The van der Waals surface area contributed by atoms with Crippen molar-refractivity contribution in [3.8, 4) is 11.5 Å². The zero-order valence-electron chi connectivity index (χ0n) is 15.1. The maximum atomic E-state index is 13.2. The number of ether oxygens (including phenoxy) is 2. The van der Waals surface area contributed by atoms with Gasteiger partial charge in [-0.15, -0.1) is 0 Å². The molecule has 0 radical (unpaired) electrons. The maximum Gasteiger partial charge on any atom is 0.303 e. The SMILES string of the molecule is COc1ccc(S(=O)(=O)N(CCCC(=O)O)[C@H]2CCS(=O)(=O)C2)c(OC)c1. The molecule has 1 aliphatic rings. The van der Waals surface area contributed by atoms with Crippen LogP contribution in [0.25, 0.3) is 0 Å². The second kappa shape index (κ2) is 8.44. The summed E-state index contributed by atoms with van der Waals surface area (Å²) in [7, 11) is -4.67. The lowest BCUT2D eigenvalue weighted by atomic mass is 10.2. The number of sulfonamides is 1. The number of sulfone groups is 1. The average Bonchev–Trinajstić information content (AvgIpc) is 2.96. The van der Waals surface area contributed by atoms with Crippen molar-refractivity contribution in [1.29, 1.82) is 0 Å². The van der Waals surface area contributed by atoms with Crippen LogP contribution >= 0.6 is 0 Å². The Kier molecular flexibility index (Phi) is 6.71. The Morgan fingerprint density at radius 1 is 1.30 bits per heavy atom. The zero-order chi connectivity index (χ0) is 20.2. The standard InChI is InChI=1S/C16H23NO8S2/c1-24-13-5-6-15(14(10-13)25-2)27(22,23)17(8-3-4-16(18)19)12-7-9-26(20,21)11-12/h5-6,10,12H,3-4,7-9,11H2,1-2H3,(H,18,19)/t12-/m0/s1. The molecule has 1 fully saturated rings. The third-order valence-electron chi connectivity index (χ3n) is 4.34. The van der Waals surface area contributed by atoms with E-state index in [4.69, 9.17) is 14.6 Å². The van der Waals surface area contributed by atoms with Gasteiger partial charge in [-0.2, -0.15) is 4.31 Å². The van der Waals surface area contributed by atoms with Crippen molar-refractivity contribution in [1.82, 2.24) is 4.31 Å². The first-order valence-electron chi connectivity index (χ1n) is 8.27. The van der Waals surface area contributed by atoms with Gasteiger partial charge in [-0.1, -0.05) is 0 Å². The smallest absolute Gasteiger partial charge is 0.303 e. The minimum atomic E-state index is -4.10. The van der Waals surface area contributed by atoms with Crippen LogP contribution in [0.4, 0.5) is 0 Å². The zero-order valence-corrected chi connectivity index (χ0v) is 16.8. The van der Waals surface area contributed by atoms with E-state index in [0.29, 0.717) is 5.75 Å². The van der Waals surface area contributed by atoms with E-state index in [-0.39, 0.29) is 48.0 Å². The van der Waals surface area contributed by atoms with Gasteiger partial charge < -0.3 is 14.6 Å². The van der Waals surface area contributed by atoms with Gasteiger partial charge in [0, 0.05) is 25.1 Å². The van der Waals surface area contributed by atoms with Crippen molar-refractivity contribution >= 4 is 25.8 Å². The molecule has 1 saturated heterocycles. The third kappa shape index (κ3) is 5.11. The van der Waals surface area contributed by atoms with Crippen LogP contribution in [0.2, 0.25) is 0 Å². The summed E-state index contributed by atoms with van der Waals surface area (Å²) < 4.78 is 61.5. The Balaban J connectivity index is 2.41. The molecule has 0 aliphatic carbocycles. The molecule has 0 aromatic heterocycles. The lowest BCUT2D eigenvalue weighted by Crippen LogP contribution is -2.42. The van der Waals surface area contributed by atoms with E-state index in [1.54, 1.807) is 0 Å². The number of aliphatic carboxylic acids is 1. The van der Waals surface area contributed by atoms with Crippen LogP contribution < -0.4 is 9.47 Å². The first kappa shape index (κ1) is 21.5. The summed E-state index contributed by atoms with van der Waals surface area (Å²) in [6, 6.07) is 3.49. The van der Waals surface area contributed by atoms with Gasteiger partial charge in [0.1, 0.15) is 16.4 Å². The lowest BCUT2D eigenvalue weighted by molar-refractivity contribution is -0.137. The molecule has 0 spiro atoms. The molecule has 152 valence electrons. The van der Waals surface area contributed by atoms with Crippen molar-refractivity contribution in [3.63, 3.8) is 0 Å². The molecule has 1 atom stereocenters. The molecule has 0 bridgehead atoms. The van der Waals surface area contributed by atoms with Crippen molar-refractivity contribution in [2.45, 2.75) is 30.2 Å². The highest BCUT2D eigenvalue weighted by molar-refractivity contribution is 7.92. The van der Waals surface area contributed by atoms with Crippen molar-refractivity contribution in [2.75, 3.05) is 32.3 Å². The largest absolute Gasteiger partial charge is 0.497 e. The number of nitrogens with zero attached hydrogens (tertiary/aromatic N) is 1. The molecule has 27 heavy (non-hydrogen) atoms. The van der Waals surface area contributed by atoms with E-state index in [1.165, 1.54) is 32.4 Å². The molecule has 9 nitrogen and oxygen atoms in total. The summed E-state index contributed by atoms with van der Waals surface area (Å²) in [5, 5.41) is 8.84. The van der Waals surface area contributed by atoms with E-state index >= 15 is 0 Å². The molecule has 1 aromatic carbocycles. The van der Waals surface area contributed by atoms with Gasteiger partial charge in [0.15, 0.2) is 9.84 Å². The normalized spacial score (nSPS) is 19.1. The molecule has 1 heterocycles. The van der Waals surface area contributed by atoms with Crippen LogP contribution in [0.5, 0.6) is 11.5 Å². The van der Waals surface area contributed by atoms with Crippen LogP contribution in [-0.2, 0) is 24.7 Å². The summed E-state index contributed by atoms with van der Waals surface area (Å²) >= 11 is 0. The first-order chi connectivity index (χ1) is 12.6. The highest BCUT2D eigenvalue weighted by atomic mass is 32.2. The van der Waals surface area contributed by atoms with Gasteiger partial charge in [0.05, 0.1) is 25.7 Å². The number of methoxy groups -OCH3 is 2. The molecule has 0 unspecified atom stereocenters. The Morgan fingerprint density at radius 2 is 2.00 bits per heavy atom. The summed E-state index contributed by atoms with van der Waals surface area (Å²) in [5.74, 6) is -0.946.